The van der Waals surface area contributed by atoms with Crippen molar-refractivity contribution in [1.29, 1.82) is 0 Å². The molecule has 3 heteroatoms. The van der Waals surface area contributed by atoms with Crippen LogP contribution in [0.3, 0.4) is 0 Å². The summed E-state index contributed by atoms with van der Waals surface area (Å²) in [4.78, 5) is 0. The minimum atomic E-state index is 0.00885. The van der Waals surface area contributed by atoms with Crippen molar-refractivity contribution in [3.63, 3.8) is 0 Å². The van der Waals surface area contributed by atoms with Crippen LogP contribution in [0, 0.1) is 0 Å². The van der Waals surface area contributed by atoms with Crippen molar-refractivity contribution in [2.45, 2.75) is 38.9 Å². The Morgan fingerprint density at radius 1 is 0.957 bits per heavy atom. The van der Waals surface area contributed by atoms with E-state index in [1.807, 2.05) is 12.1 Å². The van der Waals surface area contributed by atoms with Crippen molar-refractivity contribution in [3.8, 4) is 11.5 Å². The van der Waals surface area contributed by atoms with Crippen LogP contribution in [-0.2, 0) is 11.2 Å². The molecule has 0 fully saturated rings. The van der Waals surface area contributed by atoms with Gasteiger partial charge in [0.15, 0.2) is 11.5 Å². The van der Waals surface area contributed by atoms with Crippen LogP contribution in [0.4, 0.5) is 0 Å². The van der Waals surface area contributed by atoms with Gasteiger partial charge in [-0.05, 0) is 37.1 Å². The van der Waals surface area contributed by atoms with Crippen molar-refractivity contribution in [3.05, 3.63) is 59.7 Å². The maximum Gasteiger partial charge on any atom is 0.161 e. The molecule has 3 nitrogen and oxygen atoms in total. The van der Waals surface area contributed by atoms with E-state index in [4.69, 9.17) is 14.2 Å². The molecule has 0 bridgehead atoms. The highest BCUT2D eigenvalue weighted by Crippen LogP contribution is 2.34. The van der Waals surface area contributed by atoms with Gasteiger partial charge >= 0.3 is 0 Å². The third-order valence-electron chi connectivity index (χ3n) is 3.84. The van der Waals surface area contributed by atoms with Gasteiger partial charge in [-0.2, -0.15) is 0 Å². The Balaban J connectivity index is 1.85. The molecule has 2 aromatic rings. The molecule has 2 aromatic carbocycles. The van der Waals surface area contributed by atoms with E-state index in [-0.39, 0.29) is 12.2 Å². The number of ether oxygens (including phenoxy) is 3. The number of hydrogen-bond donors (Lipinski definition) is 0. The van der Waals surface area contributed by atoms with Gasteiger partial charge in [-0.25, -0.2) is 0 Å². The highest BCUT2D eigenvalue weighted by atomic mass is 16.5. The molecule has 0 saturated heterocycles. The maximum atomic E-state index is 6.17. The lowest BCUT2D eigenvalue weighted by atomic mass is 10.0. The molecular weight excluding hydrogens is 288 g/mol. The predicted octanol–water partition coefficient (Wildman–Crippen LogP) is 4.56. The summed E-state index contributed by atoms with van der Waals surface area (Å²) in [6, 6.07) is 16.6. The highest BCUT2D eigenvalue weighted by Gasteiger charge is 2.18. The third kappa shape index (κ3) is 4.26. The number of benzene rings is 2. The second-order valence-electron chi connectivity index (χ2n) is 6.12. The summed E-state index contributed by atoms with van der Waals surface area (Å²) in [6.45, 7) is 5.55. The molecule has 0 aliphatic carbocycles. The van der Waals surface area contributed by atoms with Crippen LogP contribution in [0.15, 0.2) is 48.5 Å². The minimum absolute atomic E-state index is 0.00885. The second-order valence-corrected chi connectivity index (χ2v) is 6.12. The summed E-state index contributed by atoms with van der Waals surface area (Å²) in [6.07, 6.45) is 1.94. The van der Waals surface area contributed by atoms with Gasteiger partial charge in [-0.1, -0.05) is 36.4 Å². The molecule has 0 spiro atoms. The Kier molecular flexibility index (Phi) is 5.19. The van der Waals surface area contributed by atoms with E-state index >= 15 is 0 Å². The van der Waals surface area contributed by atoms with E-state index in [9.17, 15) is 0 Å². The molecule has 1 unspecified atom stereocenters. The highest BCUT2D eigenvalue weighted by molar-refractivity contribution is 5.44. The van der Waals surface area contributed by atoms with Crippen molar-refractivity contribution < 1.29 is 14.2 Å². The molecule has 23 heavy (non-hydrogen) atoms. The van der Waals surface area contributed by atoms with Gasteiger partial charge in [0.2, 0.25) is 0 Å². The smallest absolute Gasteiger partial charge is 0.161 e. The lowest BCUT2D eigenvalue weighted by Gasteiger charge is -2.22. The zero-order valence-corrected chi connectivity index (χ0v) is 13.8. The van der Waals surface area contributed by atoms with Crippen molar-refractivity contribution in [2.75, 3.05) is 13.2 Å². The average Bonchev–Trinajstić information content (AvgIpc) is 2.79. The van der Waals surface area contributed by atoms with Crippen LogP contribution in [0.5, 0.6) is 11.5 Å². The van der Waals surface area contributed by atoms with Crippen LogP contribution in [0.1, 0.15) is 37.5 Å². The Labute approximate surface area is 138 Å². The summed E-state index contributed by atoms with van der Waals surface area (Å²) in [5.41, 5.74) is 2.40. The van der Waals surface area contributed by atoms with Crippen molar-refractivity contribution in [1.82, 2.24) is 0 Å². The van der Waals surface area contributed by atoms with Crippen molar-refractivity contribution >= 4 is 0 Å². The first-order valence-corrected chi connectivity index (χ1v) is 8.31. The molecule has 122 valence electrons. The van der Waals surface area contributed by atoms with E-state index < -0.39 is 0 Å². The zero-order valence-electron chi connectivity index (χ0n) is 13.8. The van der Waals surface area contributed by atoms with Crippen LogP contribution in [-0.4, -0.2) is 19.3 Å². The largest absolute Gasteiger partial charge is 0.490 e. The molecule has 0 amide bonds. The Morgan fingerprint density at radius 2 is 1.70 bits per heavy atom. The predicted molar refractivity (Wildman–Crippen MR) is 91.2 cm³/mol. The quantitative estimate of drug-likeness (QED) is 0.810. The van der Waals surface area contributed by atoms with Gasteiger partial charge in [0.05, 0.1) is 25.4 Å². The number of fused-ring (bicyclic) bond motifs is 1. The van der Waals surface area contributed by atoms with E-state index in [1.54, 1.807) is 0 Å². The van der Waals surface area contributed by atoms with E-state index in [2.05, 4.69) is 50.2 Å². The third-order valence-corrected chi connectivity index (χ3v) is 3.84. The minimum Gasteiger partial charge on any atom is -0.490 e. The normalized spacial score (nSPS) is 15.3. The van der Waals surface area contributed by atoms with E-state index in [0.29, 0.717) is 13.2 Å². The first-order valence-electron chi connectivity index (χ1n) is 8.31. The fourth-order valence-corrected chi connectivity index (χ4v) is 2.78. The van der Waals surface area contributed by atoms with E-state index in [1.165, 1.54) is 5.56 Å². The van der Waals surface area contributed by atoms with Crippen LogP contribution in [0.2, 0.25) is 0 Å². The zero-order chi connectivity index (χ0) is 16.1. The van der Waals surface area contributed by atoms with Gasteiger partial charge < -0.3 is 14.2 Å². The molecule has 1 heterocycles. The number of rotatable bonds is 5. The van der Waals surface area contributed by atoms with Crippen LogP contribution < -0.4 is 9.47 Å². The molecule has 0 saturated carbocycles. The molecule has 1 atom stereocenters. The average molecular weight is 312 g/mol. The van der Waals surface area contributed by atoms with E-state index in [0.717, 1.165) is 29.9 Å². The van der Waals surface area contributed by atoms with Gasteiger partial charge in [0.25, 0.3) is 0 Å². The molecular formula is C20H24O3. The monoisotopic (exact) mass is 312 g/mol. The van der Waals surface area contributed by atoms with Crippen LogP contribution in [0.25, 0.3) is 0 Å². The molecule has 0 N–H and O–H groups in total. The standard InChI is InChI=1S/C20H24O3/c1-15(2)23-19(13-16-7-4-3-5-8-16)17-9-10-18-20(14-17)22-12-6-11-21-18/h3-5,7-10,14-15,19H,6,11-13H2,1-2H3. The van der Waals surface area contributed by atoms with Gasteiger partial charge in [0, 0.05) is 12.8 Å². The van der Waals surface area contributed by atoms with Gasteiger partial charge in [-0.3, -0.25) is 0 Å². The first kappa shape index (κ1) is 15.9. The molecule has 1 aliphatic heterocycles. The Bertz CT molecular complexity index is 622. The fraction of sp³-hybridized carbons (Fsp3) is 0.400. The van der Waals surface area contributed by atoms with Crippen LogP contribution >= 0.6 is 0 Å². The van der Waals surface area contributed by atoms with Gasteiger partial charge in [0.1, 0.15) is 0 Å². The lowest BCUT2D eigenvalue weighted by molar-refractivity contribution is 0.00672. The first-order chi connectivity index (χ1) is 11.2. The molecule has 3 rings (SSSR count). The summed E-state index contributed by atoms with van der Waals surface area (Å²) in [5, 5.41) is 0. The summed E-state index contributed by atoms with van der Waals surface area (Å²) in [7, 11) is 0. The second kappa shape index (κ2) is 7.51. The summed E-state index contributed by atoms with van der Waals surface area (Å²) >= 11 is 0. The molecule has 1 aliphatic rings. The molecule has 0 radical (unpaired) electrons. The van der Waals surface area contributed by atoms with Crippen molar-refractivity contribution in [2.24, 2.45) is 0 Å². The summed E-state index contributed by atoms with van der Waals surface area (Å²) in [5.74, 6) is 1.65. The lowest BCUT2D eigenvalue weighted by Crippen LogP contribution is -2.13. The fourth-order valence-electron chi connectivity index (χ4n) is 2.78. The van der Waals surface area contributed by atoms with Gasteiger partial charge in [-0.15, -0.1) is 0 Å². The Morgan fingerprint density at radius 3 is 2.43 bits per heavy atom. The Hall–Kier alpha value is -2.00. The summed E-state index contributed by atoms with van der Waals surface area (Å²) < 4.78 is 17.7. The topological polar surface area (TPSA) is 27.7 Å². The maximum absolute atomic E-state index is 6.17. The molecule has 0 aromatic heterocycles. The number of hydrogen-bond acceptors (Lipinski definition) is 3. The SMILES string of the molecule is CC(C)OC(Cc1ccccc1)c1ccc2c(c1)OCCCO2.